The summed E-state index contributed by atoms with van der Waals surface area (Å²) < 4.78 is 5.05. The Morgan fingerprint density at radius 1 is 1.36 bits per heavy atom. The zero-order chi connectivity index (χ0) is 9.80. The van der Waals surface area contributed by atoms with Gasteiger partial charge in [0.1, 0.15) is 0 Å². The van der Waals surface area contributed by atoms with E-state index in [4.69, 9.17) is 4.74 Å². The summed E-state index contributed by atoms with van der Waals surface area (Å²) in [5, 5.41) is 2.03. The third kappa shape index (κ3) is 2.09. The lowest BCUT2D eigenvalue weighted by molar-refractivity contribution is 0.396. The molecule has 0 aliphatic carbocycles. The van der Waals surface area contributed by atoms with Crippen LogP contribution in [0.1, 0.15) is 11.4 Å². The number of hydrogen-bond acceptors (Lipinski definition) is 4. The quantitative estimate of drug-likeness (QED) is 0.771. The minimum atomic E-state index is 0.651. The van der Waals surface area contributed by atoms with Crippen LogP contribution in [0.15, 0.2) is 29.1 Å². The Morgan fingerprint density at radius 2 is 2.29 bits per heavy atom. The van der Waals surface area contributed by atoms with Crippen molar-refractivity contribution in [3.05, 3.63) is 40.5 Å². The first-order valence-corrected chi connectivity index (χ1v) is 5.20. The van der Waals surface area contributed by atoms with Crippen LogP contribution in [0, 0.1) is 0 Å². The Balaban J connectivity index is 2.17. The lowest BCUT2D eigenvalue weighted by Gasteiger charge is -2.01. The highest BCUT2D eigenvalue weighted by atomic mass is 32.1. The van der Waals surface area contributed by atoms with Crippen molar-refractivity contribution in [2.24, 2.45) is 0 Å². The smallest absolute Gasteiger partial charge is 0.213 e. The van der Waals surface area contributed by atoms with Gasteiger partial charge in [-0.3, -0.25) is 0 Å². The highest BCUT2D eigenvalue weighted by Crippen LogP contribution is 2.11. The minimum Gasteiger partial charge on any atom is -0.481 e. The van der Waals surface area contributed by atoms with E-state index in [1.165, 1.54) is 0 Å². The molecular formula is C10H10N2OS. The molecular weight excluding hydrogens is 196 g/mol. The SMILES string of the molecule is COc1cccc(Cc2cscn2)n1. The maximum Gasteiger partial charge on any atom is 0.213 e. The monoisotopic (exact) mass is 206 g/mol. The van der Waals surface area contributed by atoms with E-state index in [-0.39, 0.29) is 0 Å². The van der Waals surface area contributed by atoms with E-state index >= 15 is 0 Å². The molecule has 0 aromatic carbocycles. The van der Waals surface area contributed by atoms with Gasteiger partial charge in [-0.15, -0.1) is 11.3 Å². The number of ether oxygens (including phenoxy) is 1. The lowest BCUT2D eigenvalue weighted by Crippen LogP contribution is -1.94. The number of hydrogen-bond donors (Lipinski definition) is 0. The highest BCUT2D eigenvalue weighted by molar-refractivity contribution is 7.07. The molecule has 0 fully saturated rings. The third-order valence-corrected chi connectivity index (χ3v) is 2.47. The fourth-order valence-electron chi connectivity index (χ4n) is 1.18. The molecule has 0 radical (unpaired) electrons. The summed E-state index contributed by atoms with van der Waals surface area (Å²) in [5.74, 6) is 0.651. The summed E-state index contributed by atoms with van der Waals surface area (Å²) in [6.07, 6.45) is 0.765. The van der Waals surface area contributed by atoms with E-state index < -0.39 is 0 Å². The fraction of sp³-hybridized carbons (Fsp3) is 0.200. The summed E-state index contributed by atoms with van der Waals surface area (Å²) in [5.41, 5.74) is 3.86. The van der Waals surface area contributed by atoms with Gasteiger partial charge in [-0.05, 0) is 6.07 Å². The largest absolute Gasteiger partial charge is 0.481 e. The summed E-state index contributed by atoms with van der Waals surface area (Å²) in [7, 11) is 1.62. The first-order chi connectivity index (χ1) is 6.88. The molecule has 0 saturated heterocycles. The Labute approximate surface area is 86.4 Å². The average molecular weight is 206 g/mol. The second kappa shape index (κ2) is 4.19. The van der Waals surface area contributed by atoms with Crippen LogP contribution in [0.25, 0.3) is 0 Å². The molecule has 72 valence electrons. The van der Waals surface area contributed by atoms with Gasteiger partial charge in [0.2, 0.25) is 5.88 Å². The van der Waals surface area contributed by atoms with Gasteiger partial charge in [0, 0.05) is 17.9 Å². The van der Waals surface area contributed by atoms with Gasteiger partial charge in [-0.1, -0.05) is 6.07 Å². The maximum absolute atomic E-state index is 5.05. The zero-order valence-electron chi connectivity index (χ0n) is 7.80. The molecule has 0 bridgehead atoms. The number of aromatic nitrogens is 2. The molecule has 2 aromatic heterocycles. The van der Waals surface area contributed by atoms with Crippen molar-refractivity contribution in [1.29, 1.82) is 0 Å². The number of pyridine rings is 1. The van der Waals surface area contributed by atoms with Gasteiger partial charge in [0.05, 0.1) is 24.0 Å². The Bertz CT molecular complexity index is 400. The molecule has 2 heterocycles. The Kier molecular flexibility index (Phi) is 2.74. The van der Waals surface area contributed by atoms with Crippen molar-refractivity contribution in [3.8, 4) is 5.88 Å². The third-order valence-electron chi connectivity index (χ3n) is 1.84. The molecule has 0 aliphatic rings. The summed E-state index contributed by atoms with van der Waals surface area (Å²) in [6, 6.07) is 5.75. The van der Waals surface area contributed by atoms with Crippen molar-refractivity contribution >= 4 is 11.3 Å². The molecule has 14 heavy (non-hydrogen) atoms. The van der Waals surface area contributed by atoms with Crippen molar-refractivity contribution in [3.63, 3.8) is 0 Å². The first kappa shape index (κ1) is 9.15. The molecule has 0 atom stereocenters. The van der Waals surface area contributed by atoms with Crippen LogP contribution in [-0.2, 0) is 6.42 Å². The molecule has 0 amide bonds. The molecule has 3 nitrogen and oxygen atoms in total. The number of rotatable bonds is 3. The van der Waals surface area contributed by atoms with Crippen molar-refractivity contribution in [2.75, 3.05) is 7.11 Å². The maximum atomic E-state index is 5.05. The predicted molar refractivity (Wildman–Crippen MR) is 55.7 cm³/mol. The van der Waals surface area contributed by atoms with Crippen LogP contribution < -0.4 is 4.74 Å². The van der Waals surface area contributed by atoms with Gasteiger partial charge in [0.15, 0.2) is 0 Å². The predicted octanol–water partition coefficient (Wildman–Crippen LogP) is 2.14. The number of thiazole rings is 1. The Morgan fingerprint density at radius 3 is 3.00 bits per heavy atom. The van der Waals surface area contributed by atoms with Crippen LogP contribution in [0.2, 0.25) is 0 Å². The van der Waals surface area contributed by atoms with Crippen LogP contribution in [0.5, 0.6) is 5.88 Å². The van der Waals surface area contributed by atoms with Crippen LogP contribution in [-0.4, -0.2) is 17.1 Å². The highest BCUT2D eigenvalue weighted by Gasteiger charge is 2.00. The van der Waals surface area contributed by atoms with Gasteiger partial charge in [-0.25, -0.2) is 9.97 Å². The van der Waals surface area contributed by atoms with E-state index in [1.807, 2.05) is 29.1 Å². The standard InChI is InChI=1S/C10H10N2OS/c1-13-10-4-2-3-8(12-10)5-9-6-14-7-11-9/h2-4,6-7H,5H2,1H3. The molecule has 0 N–H and O–H groups in total. The van der Waals surface area contributed by atoms with E-state index in [1.54, 1.807) is 18.4 Å². The average Bonchev–Trinajstić information content (AvgIpc) is 2.71. The van der Waals surface area contributed by atoms with E-state index in [2.05, 4.69) is 9.97 Å². The molecule has 2 rings (SSSR count). The molecule has 0 saturated carbocycles. The van der Waals surface area contributed by atoms with Gasteiger partial charge in [0.25, 0.3) is 0 Å². The fourth-order valence-corrected chi connectivity index (χ4v) is 1.74. The second-order valence-corrected chi connectivity index (χ2v) is 3.55. The van der Waals surface area contributed by atoms with Gasteiger partial charge < -0.3 is 4.74 Å². The number of nitrogens with zero attached hydrogens (tertiary/aromatic N) is 2. The molecule has 0 unspecified atom stereocenters. The first-order valence-electron chi connectivity index (χ1n) is 4.25. The van der Waals surface area contributed by atoms with Gasteiger partial charge in [-0.2, -0.15) is 0 Å². The van der Waals surface area contributed by atoms with Crippen molar-refractivity contribution in [2.45, 2.75) is 6.42 Å². The van der Waals surface area contributed by atoms with Crippen LogP contribution in [0.3, 0.4) is 0 Å². The van der Waals surface area contributed by atoms with Crippen LogP contribution in [0.4, 0.5) is 0 Å². The van der Waals surface area contributed by atoms with Crippen molar-refractivity contribution < 1.29 is 4.74 Å². The molecule has 4 heteroatoms. The zero-order valence-corrected chi connectivity index (χ0v) is 8.62. The molecule has 0 aliphatic heterocycles. The van der Waals surface area contributed by atoms with E-state index in [0.717, 1.165) is 17.8 Å². The lowest BCUT2D eigenvalue weighted by atomic mass is 10.2. The van der Waals surface area contributed by atoms with E-state index in [0.29, 0.717) is 5.88 Å². The second-order valence-electron chi connectivity index (χ2n) is 2.83. The van der Waals surface area contributed by atoms with E-state index in [9.17, 15) is 0 Å². The topological polar surface area (TPSA) is 35.0 Å². The number of methoxy groups -OCH3 is 1. The normalized spacial score (nSPS) is 10.1. The minimum absolute atomic E-state index is 0.651. The summed E-state index contributed by atoms with van der Waals surface area (Å²) >= 11 is 1.60. The van der Waals surface area contributed by atoms with Crippen LogP contribution >= 0.6 is 11.3 Å². The van der Waals surface area contributed by atoms with Crippen molar-refractivity contribution in [1.82, 2.24) is 9.97 Å². The van der Waals surface area contributed by atoms with Gasteiger partial charge >= 0.3 is 0 Å². The Hall–Kier alpha value is -1.42. The molecule has 2 aromatic rings. The summed E-state index contributed by atoms with van der Waals surface area (Å²) in [4.78, 5) is 8.51. The summed E-state index contributed by atoms with van der Waals surface area (Å²) in [6.45, 7) is 0. The molecule has 0 spiro atoms.